The molecule has 37 heavy (non-hydrogen) atoms. The lowest BCUT2D eigenvalue weighted by Crippen LogP contribution is -2.31. The number of H-pyrrole nitrogens is 1. The third-order valence-electron chi connectivity index (χ3n) is 6.78. The molecule has 3 N–H and O–H groups in total. The van der Waals surface area contributed by atoms with Crippen LogP contribution in [0.1, 0.15) is 28.4 Å². The van der Waals surface area contributed by atoms with Crippen LogP contribution in [0.5, 0.6) is 11.6 Å². The van der Waals surface area contributed by atoms with Crippen LogP contribution in [0.15, 0.2) is 42.6 Å². The quantitative estimate of drug-likeness (QED) is 0.314. The number of amides is 1. The Morgan fingerprint density at radius 2 is 2.08 bits per heavy atom. The molecule has 1 fully saturated rings. The van der Waals surface area contributed by atoms with Gasteiger partial charge in [0, 0.05) is 42.0 Å². The zero-order chi connectivity index (χ0) is 25.7. The van der Waals surface area contributed by atoms with E-state index in [2.05, 4.69) is 25.5 Å². The van der Waals surface area contributed by atoms with Gasteiger partial charge in [-0.2, -0.15) is 0 Å². The maximum absolute atomic E-state index is 13.2. The van der Waals surface area contributed by atoms with E-state index >= 15 is 0 Å². The number of anilines is 2. The third kappa shape index (κ3) is 4.24. The number of carbonyl (C=O) groups excluding carboxylic acids is 1. The maximum atomic E-state index is 13.2. The highest BCUT2D eigenvalue weighted by atomic mass is 35.5. The van der Waals surface area contributed by atoms with Gasteiger partial charge in [0.15, 0.2) is 5.75 Å². The number of aromatic nitrogens is 3. The fraction of sp³-hybridized carbons (Fsp3) is 0.296. The molecule has 3 aromatic heterocycles. The Labute approximate surface area is 219 Å². The van der Waals surface area contributed by atoms with Gasteiger partial charge in [0.1, 0.15) is 12.1 Å². The van der Waals surface area contributed by atoms with Crippen LogP contribution in [0.25, 0.3) is 22.3 Å². The number of para-hydroxylation sites is 1. The van der Waals surface area contributed by atoms with Crippen LogP contribution < -0.4 is 20.1 Å². The Morgan fingerprint density at radius 1 is 1.22 bits per heavy atom. The number of ether oxygens (including phenoxy) is 2. The number of benzene rings is 1. The van der Waals surface area contributed by atoms with Gasteiger partial charge in [-0.1, -0.05) is 17.7 Å². The highest BCUT2D eigenvalue weighted by molar-refractivity contribution is 6.32. The zero-order valence-electron chi connectivity index (χ0n) is 20.8. The van der Waals surface area contributed by atoms with E-state index in [1.165, 1.54) is 0 Å². The SMILES string of the molecule is COc1c(Cl)cccc1Nc1c(-c2ccnc3ccc(OCCN(C)C)nc23)[nH]c2c1C(=O)N[C@H]1C[C@@H]21. The molecule has 4 heterocycles. The minimum atomic E-state index is -0.112. The second-order valence-corrected chi connectivity index (χ2v) is 9.97. The molecule has 1 amide bonds. The summed E-state index contributed by atoms with van der Waals surface area (Å²) in [6, 6.07) is 11.3. The van der Waals surface area contributed by atoms with E-state index in [9.17, 15) is 4.79 Å². The molecule has 6 rings (SSSR count). The number of carbonyl (C=O) groups is 1. The summed E-state index contributed by atoms with van der Waals surface area (Å²) in [5, 5.41) is 7.03. The standard InChI is InChI=1S/C27H27ClN6O3/c1-34(2)11-12-37-20-8-7-17-22(32-20)14(9-10-29-17)24-25(30-18-6-4-5-16(28)26(18)36-3)21-23(33-24)15-13-19(15)31-27(21)35/h4-10,15,19,30,33H,11-13H2,1-3H3,(H,31,35)/t15-,19+/m1/s1. The zero-order valence-corrected chi connectivity index (χ0v) is 21.5. The monoisotopic (exact) mass is 518 g/mol. The van der Waals surface area contributed by atoms with Gasteiger partial charge in [-0.05, 0) is 44.8 Å². The number of rotatable bonds is 8. The number of aromatic amines is 1. The van der Waals surface area contributed by atoms with E-state index in [1.54, 1.807) is 19.4 Å². The fourth-order valence-corrected chi connectivity index (χ4v) is 5.10. The van der Waals surface area contributed by atoms with E-state index in [-0.39, 0.29) is 17.9 Å². The summed E-state index contributed by atoms with van der Waals surface area (Å²) in [5.41, 5.74) is 5.79. The molecule has 1 aliphatic heterocycles. The van der Waals surface area contributed by atoms with Crippen molar-refractivity contribution >= 4 is 39.9 Å². The molecule has 10 heteroatoms. The smallest absolute Gasteiger partial charge is 0.255 e. The average molecular weight is 519 g/mol. The first-order valence-corrected chi connectivity index (χ1v) is 12.5. The predicted octanol–water partition coefficient (Wildman–Crippen LogP) is 4.57. The highest BCUT2D eigenvalue weighted by Gasteiger charge is 2.48. The second kappa shape index (κ2) is 9.24. The molecule has 0 saturated heterocycles. The number of halogens is 1. The van der Waals surface area contributed by atoms with E-state index in [0.717, 1.165) is 35.4 Å². The molecule has 1 aromatic carbocycles. The predicted molar refractivity (Wildman–Crippen MR) is 143 cm³/mol. The molecule has 0 unspecified atom stereocenters. The lowest BCUT2D eigenvalue weighted by Gasteiger charge is -2.17. The minimum absolute atomic E-state index is 0.112. The molecule has 2 atom stereocenters. The average Bonchev–Trinajstić information content (AvgIpc) is 3.55. The van der Waals surface area contributed by atoms with Crippen molar-refractivity contribution in [1.82, 2.24) is 25.2 Å². The van der Waals surface area contributed by atoms with Gasteiger partial charge in [0.05, 0.1) is 40.3 Å². The van der Waals surface area contributed by atoms with Crippen molar-refractivity contribution in [3.63, 3.8) is 0 Å². The Balaban J connectivity index is 1.50. The minimum Gasteiger partial charge on any atom is -0.493 e. The van der Waals surface area contributed by atoms with E-state index in [4.69, 9.17) is 26.1 Å². The molecule has 0 bridgehead atoms. The number of hydrogen-bond donors (Lipinski definition) is 3. The van der Waals surface area contributed by atoms with Gasteiger partial charge in [-0.3, -0.25) is 9.78 Å². The van der Waals surface area contributed by atoms with Crippen molar-refractivity contribution in [3.8, 4) is 22.9 Å². The molecule has 9 nitrogen and oxygen atoms in total. The number of hydrogen-bond acceptors (Lipinski definition) is 7. The van der Waals surface area contributed by atoms with Crippen molar-refractivity contribution in [2.24, 2.45) is 0 Å². The van der Waals surface area contributed by atoms with Crippen LogP contribution in [0.2, 0.25) is 5.02 Å². The maximum Gasteiger partial charge on any atom is 0.255 e. The molecule has 2 aliphatic rings. The van der Waals surface area contributed by atoms with Crippen molar-refractivity contribution in [3.05, 3.63) is 58.9 Å². The van der Waals surface area contributed by atoms with Crippen molar-refractivity contribution < 1.29 is 14.3 Å². The van der Waals surface area contributed by atoms with Crippen LogP contribution in [-0.2, 0) is 0 Å². The van der Waals surface area contributed by atoms with E-state index < -0.39 is 0 Å². The molecule has 190 valence electrons. The summed E-state index contributed by atoms with van der Waals surface area (Å²) < 4.78 is 11.5. The van der Waals surface area contributed by atoms with Crippen LogP contribution in [-0.4, -0.2) is 66.2 Å². The normalized spacial score (nSPS) is 17.8. The van der Waals surface area contributed by atoms with Crippen LogP contribution >= 0.6 is 11.6 Å². The Morgan fingerprint density at radius 3 is 2.89 bits per heavy atom. The van der Waals surface area contributed by atoms with Gasteiger partial charge in [-0.15, -0.1) is 0 Å². The molecular formula is C27H27ClN6O3. The highest BCUT2D eigenvalue weighted by Crippen LogP contribution is 2.50. The Kier molecular flexibility index (Phi) is 5.89. The van der Waals surface area contributed by atoms with Gasteiger partial charge < -0.3 is 30.0 Å². The molecule has 1 saturated carbocycles. The number of likely N-dealkylation sites (N-methyl/N-ethyl adjacent to an activating group) is 1. The topological polar surface area (TPSA) is 104 Å². The lowest BCUT2D eigenvalue weighted by molar-refractivity contribution is 0.0944. The van der Waals surface area contributed by atoms with E-state index in [0.29, 0.717) is 45.7 Å². The number of fused-ring (bicyclic) bond motifs is 4. The van der Waals surface area contributed by atoms with Gasteiger partial charge in [0.25, 0.3) is 5.91 Å². The molecular weight excluding hydrogens is 492 g/mol. The van der Waals surface area contributed by atoms with Crippen molar-refractivity contribution in [2.75, 3.05) is 39.7 Å². The van der Waals surface area contributed by atoms with Gasteiger partial charge in [-0.25, -0.2) is 4.98 Å². The first-order valence-electron chi connectivity index (χ1n) is 12.1. The van der Waals surface area contributed by atoms with E-state index in [1.807, 2.05) is 44.4 Å². The number of nitrogens with zero attached hydrogens (tertiary/aromatic N) is 3. The summed E-state index contributed by atoms with van der Waals surface area (Å²) >= 11 is 6.40. The summed E-state index contributed by atoms with van der Waals surface area (Å²) in [6.45, 7) is 1.29. The fourth-order valence-electron chi connectivity index (χ4n) is 4.85. The number of pyridine rings is 2. The number of methoxy groups -OCH3 is 1. The summed E-state index contributed by atoms with van der Waals surface area (Å²) in [7, 11) is 5.56. The van der Waals surface area contributed by atoms with Crippen molar-refractivity contribution in [2.45, 2.75) is 18.4 Å². The summed E-state index contributed by atoms with van der Waals surface area (Å²) in [5.74, 6) is 1.17. The molecule has 0 radical (unpaired) electrons. The van der Waals surface area contributed by atoms with Gasteiger partial charge in [0.2, 0.25) is 5.88 Å². The second-order valence-electron chi connectivity index (χ2n) is 9.56. The molecule has 1 aliphatic carbocycles. The van der Waals surface area contributed by atoms with Crippen LogP contribution in [0, 0.1) is 0 Å². The Hall–Kier alpha value is -3.82. The summed E-state index contributed by atoms with van der Waals surface area (Å²) in [6.07, 6.45) is 2.66. The largest absolute Gasteiger partial charge is 0.493 e. The molecule has 0 spiro atoms. The summed E-state index contributed by atoms with van der Waals surface area (Å²) in [4.78, 5) is 28.1. The van der Waals surface area contributed by atoms with Crippen LogP contribution in [0.3, 0.4) is 0 Å². The van der Waals surface area contributed by atoms with Gasteiger partial charge >= 0.3 is 0 Å². The van der Waals surface area contributed by atoms with Crippen LogP contribution in [0.4, 0.5) is 11.4 Å². The lowest BCUT2D eigenvalue weighted by atomic mass is 10.0. The first-order chi connectivity index (χ1) is 17.9. The first kappa shape index (κ1) is 23.6. The third-order valence-corrected chi connectivity index (χ3v) is 7.08. The number of nitrogens with one attached hydrogen (secondary N) is 3. The van der Waals surface area contributed by atoms with Crippen molar-refractivity contribution in [1.29, 1.82) is 0 Å². The molecule has 4 aromatic rings. The Bertz CT molecular complexity index is 1520.